The second-order valence-electron chi connectivity index (χ2n) is 3.90. The number of halogens is 3. The van der Waals surface area contributed by atoms with E-state index in [1.165, 1.54) is 0 Å². The molecule has 0 unspecified atom stereocenters. The highest BCUT2D eigenvalue weighted by atomic mass is 19.4. The lowest BCUT2D eigenvalue weighted by Gasteiger charge is -2.40. The van der Waals surface area contributed by atoms with Crippen molar-refractivity contribution in [3.05, 3.63) is 0 Å². The fourth-order valence-electron chi connectivity index (χ4n) is 1.86. The minimum Gasteiger partial charge on any atom is -0.394 e. The molecule has 1 aliphatic carbocycles. The van der Waals surface area contributed by atoms with Gasteiger partial charge in [0.15, 0.2) is 5.60 Å². The molecule has 0 bridgehead atoms. The van der Waals surface area contributed by atoms with Crippen molar-refractivity contribution in [2.75, 3.05) is 13.2 Å². The Morgan fingerprint density at radius 3 is 2.27 bits per heavy atom. The molecular formula is C9H16F3NO2. The molecule has 1 saturated carbocycles. The van der Waals surface area contributed by atoms with Crippen LogP contribution in [0.15, 0.2) is 0 Å². The van der Waals surface area contributed by atoms with Gasteiger partial charge in [-0.3, -0.25) is 0 Å². The predicted molar refractivity (Wildman–Crippen MR) is 48.3 cm³/mol. The van der Waals surface area contributed by atoms with Crippen molar-refractivity contribution in [1.29, 1.82) is 0 Å². The smallest absolute Gasteiger partial charge is 0.394 e. The first-order valence-corrected chi connectivity index (χ1v) is 4.98. The van der Waals surface area contributed by atoms with Crippen LogP contribution in [0.1, 0.15) is 25.7 Å². The third-order valence-corrected chi connectivity index (χ3v) is 2.82. The number of nitrogens with two attached hydrogens (primary N) is 1. The maximum atomic E-state index is 12.8. The molecule has 1 fully saturated rings. The number of ether oxygens (including phenoxy) is 1. The zero-order valence-corrected chi connectivity index (χ0v) is 8.39. The van der Waals surface area contributed by atoms with Gasteiger partial charge >= 0.3 is 6.18 Å². The van der Waals surface area contributed by atoms with Gasteiger partial charge in [0.05, 0.1) is 13.2 Å². The first kappa shape index (κ1) is 12.7. The van der Waals surface area contributed by atoms with Crippen molar-refractivity contribution < 1.29 is 23.0 Å². The Hall–Kier alpha value is -0.330. The summed E-state index contributed by atoms with van der Waals surface area (Å²) in [5, 5.41) is 8.51. The molecule has 0 radical (unpaired) electrons. The highest BCUT2D eigenvalue weighted by Crippen LogP contribution is 2.44. The summed E-state index contributed by atoms with van der Waals surface area (Å²) < 4.78 is 43.2. The van der Waals surface area contributed by atoms with Crippen molar-refractivity contribution in [1.82, 2.24) is 0 Å². The van der Waals surface area contributed by atoms with E-state index in [4.69, 9.17) is 15.6 Å². The molecule has 0 saturated heterocycles. The monoisotopic (exact) mass is 227 g/mol. The van der Waals surface area contributed by atoms with Gasteiger partial charge in [0.25, 0.3) is 0 Å². The van der Waals surface area contributed by atoms with Crippen LogP contribution in [0.25, 0.3) is 0 Å². The average molecular weight is 227 g/mol. The van der Waals surface area contributed by atoms with Crippen molar-refractivity contribution in [3.63, 3.8) is 0 Å². The number of alkyl halides is 3. The highest BCUT2D eigenvalue weighted by molar-refractivity contribution is 4.94. The van der Waals surface area contributed by atoms with Crippen molar-refractivity contribution in [2.45, 2.75) is 43.5 Å². The molecule has 0 amide bonds. The molecule has 0 aliphatic heterocycles. The molecular weight excluding hydrogens is 211 g/mol. The summed E-state index contributed by atoms with van der Waals surface area (Å²) in [6.07, 6.45) is -3.99. The Morgan fingerprint density at radius 1 is 1.33 bits per heavy atom. The lowest BCUT2D eigenvalue weighted by molar-refractivity contribution is -0.289. The minimum absolute atomic E-state index is 0.113. The normalized spacial score (nSPS) is 33.0. The van der Waals surface area contributed by atoms with Gasteiger partial charge in [0, 0.05) is 6.04 Å². The largest absolute Gasteiger partial charge is 0.417 e. The highest BCUT2D eigenvalue weighted by Gasteiger charge is 2.56. The summed E-state index contributed by atoms with van der Waals surface area (Å²) in [6, 6.07) is -0.168. The Morgan fingerprint density at radius 2 is 1.87 bits per heavy atom. The zero-order chi connectivity index (χ0) is 11.5. The topological polar surface area (TPSA) is 55.5 Å². The molecule has 3 N–H and O–H groups in total. The predicted octanol–water partition coefficient (Wildman–Crippen LogP) is 1.20. The molecule has 0 aromatic rings. The van der Waals surface area contributed by atoms with Gasteiger partial charge in [-0.25, -0.2) is 0 Å². The SMILES string of the molecule is NC1CCC(OCCO)(C(F)(F)F)CC1. The standard InChI is InChI=1S/C9H16F3NO2/c10-9(11,12)8(15-6-5-14)3-1-7(13)2-4-8/h7,14H,1-6,13H2. The van der Waals surface area contributed by atoms with Crippen LogP contribution in [0.4, 0.5) is 13.2 Å². The number of hydrogen-bond acceptors (Lipinski definition) is 3. The molecule has 1 rings (SSSR count). The van der Waals surface area contributed by atoms with Crippen LogP contribution < -0.4 is 5.73 Å². The maximum Gasteiger partial charge on any atom is 0.417 e. The molecule has 0 atom stereocenters. The number of rotatable bonds is 3. The Bertz CT molecular complexity index is 195. The van der Waals surface area contributed by atoms with Crippen molar-refractivity contribution in [2.24, 2.45) is 5.73 Å². The Kier molecular flexibility index (Phi) is 3.97. The van der Waals surface area contributed by atoms with E-state index >= 15 is 0 Å². The fourth-order valence-corrected chi connectivity index (χ4v) is 1.86. The molecule has 0 aromatic heterocycles. The summed E-state index contributed by atoms with van der Waals surface area (Å²) in [7, 11) is 0. The third kappa shape index (κ3) is 2.83. The van der Waals surface area contributed by atoms with E-state index in [9.17, 15) is 13.2 Å². The molecule has 0 heterocycles. The molecule has 15 heavy (non-hydrogen) atoms. The lowest BCUT2D eigenvalue weighted by atomic mass is 9.81. The Labute approximate surface area is 86.4 Å². The summed E-state index contributed by atoms with van der Waals surface area (Å²) in [6.45, 7) is -0.682. The fraction of sp³-hybridized carbons (Fsp3) is 1.00. The van der Waals surface area contributed by atoms with E-state index in [0.29, 0.717) is 12.8 Å². The van der Waals surface area contributed by atoms with Crippen LogP contribution in [0, 0.1) is 0 Å². The van der Waals surface area contributed by atoms with Crippen molar-refractivity contribution in [3.8, 4) is 0 Å². The average Bonchev–Trinajstić information content (AvgIpc) is 2.16. The summed E-state index contributed by atoms with van der Waals surface area (Å²) in [5.41, 5.74) is 3.46. The number of hydrogen-bond donors (Lipinski definition) is 2. The van der Waals surface area contributed by atoms with E-state index in [0.717, 1.165) is 0 Å². The molecule has 3 nitrogen and oxygen atoms in total. The van der Waals surface area contributed by atoms with Gasteiger partial charge < -0.3 is 15.6 Å². The first-order chi connectivity index (χ1) is 6.91. The molecule has 6 heteroatoms. The summed E-state index contributed by atoms with van der Waals surface area (Å²) in [4.78, 5) is 0. The Balaban J connectivity index is 2.69. The second kappa shape index (κ2) is 4.67. The van der Waals surface area contributed by atoms with Crippen LogP contribution in [0.2, 0.25) is 0 Å². The van der Waals surface area contributed by atoms with Crippen LogP contribution in [-0.2, 0) is 4.74 Å². The van der Waals surface area contributed by atoms with E-state index in [1.807, 2.05) is 0 Å². The third-order valence-electron chi connectivity index (χ3n) is 2.82. The van der Waals surface area contributed by atoms with Gasteiger partial charge in [-0.15, -0.1) is 0 Å². The summed E-state index contributed by atoms with van der Waals surface area (Å²) >= 11 is 0. The van der Waals surface area contributed by atoms with Gasteiger partial charge in [-0.2, -0.15) is 13.2 Å². The van der Waals surface area contributed by atoms with Gasteiger partial charge in [0.2, 0.25) is 0 Å². The zero-order valence-electron chi connectivity index (χ0n) is 8.39. The molecule has 1 aliphatic rings. The van der Waals surface area contributed by atoms with Crippen LogP contribution in [0.3, 0.4) is 0 Å². The van der Waals surface area contributed by atoms with E-state index in [2.05, 4.69) is 0 Å². The second-order valence-corrected chi connectivity index (χ2v) is 3.90. The molecule has 90 valence electrons. The quantitative estimate of drug-likeness (QED) is 0.761. The van der Waals surface area contributed by atoms with E-state index in [1.54, 1.807) is 0 Å². The summed E-state index contributed by atoms with van der Waals surface area (Å²) in [5.74, 6) is 0. The molecule has 0 spiro atoms. The van der Waals surface area contributed by atoms with Crippen LogP contribution in [-0.4, -0.2) is 36.1 Å². The minimum atomic E-state index is -4.39. The van der Waals surface area contributed by atoms with Crippen molar-refractivity contribution >= 4 is 0 Å². The van der Waals surface area contributed by atoms with Gasteiger partial charge in [0.1, 0.15) is 0 Å². The van der Waals surface area contributed by atoms with Crippen LogP contribution in [0.5, 0.6) is 0 Å². The van der Waals surface area contributed by atoms with E-state index in [-0.39, 0.29) is 25.5 Å². The van der Waals surface area contributed by atoms with E-state index < -0.39 is 18.4 Å². The maximum absolute atomic E-state index is 12.8. The number of aliphatic hydroxyl groups excluding tert-OH is 1. The van der Waals surface area contributed by atoms with Gasteiger partial charge in [-0.05, 0) is 25.7 Å². The number of aliphatic hydroxyl groups is 1. The van der Waals surface area contributed by atoms with Crippen LogP contribution >= 0.6 is 0 Å². The lowest BCUT2D eigenvalue weighted by Crippen LogP contribution is -2.52. The first-order valence-electron chi connectivity index (χ1n) is 4.98. The van der Waals surface area contributed by atoms with Gasteiger partial charge in [-0.1, -0.05) is 0 Å². The molecule has 0 aromatic carbocycles.